The molecular weight excluding hydrogens is 200 g/mol. The highest BCUT2D eigenvalue weighted by Crippen LogP contribution is 2.31. The highest BCUT2D eigenvalue weighted by molar-refractivity contribution is 5.11. The third kappa shape index (κ3) is 1.77. The standard InChI is InChI=1S/C13H20N2O/c1-10-5-4-7-13-14-11(9-15(10)13)12-6-2-3-8-16-12/h9-10,12H,2-8H2,1H3. The molecule has 2 atom stereocenters. The van der Waals surface area contributed by atoms with E-state index in [1.54, 1.807) is 0 Å². The summed E-state index contributed by atoms with van der Waals surface area (Å²) in [5.74, 6) is 1.27. The lowest BCUT2D eigenvalue weighted by Gasteiger charge is -2.21. The van der Waals surface area contributed by atoms with E-state index >= 15 is 0 Å². The van der Waals surface area contributed by atoms with Gasteiger partial charge in [0.05, 0.1) is 5.69 Å². The molecule has 0 N–H and O–H groups in total. The Bertz CT molecular complexity index is 366. The summed E-state index contributed by atoms with van der Waals surface area (Å²) in [7, 11) is 0. The van der Waals surface area contributed by atoms with Gasteiger partial charge in [-0.05, 0) is 39.0 Å². The maximum Gasteiger partial charge on any atom is 0.109 e. The second kappa shape index (κ2) is 4.21. The second-order valence-electron chi connectivity index (χ2n) is 5.09. The number of hydrogen-bond acceptors (Lipinski definition) is 2. The Hall–Kier alpha value is -0.830. The van der Waals surface area contributed by atoms with Crippen LogP contribution in [0.2, 0.25) is 0 Å². The van der Waals surface area contributed by atoms with Crippen LogP contribution in [0.4, 0.5) is 0 Å². The van der Waals surface area contributed by atoms with Crippen LogP contribution in [0.1, 0.15) is 62.7 Å². The average Bonchev–Trinajstić information content (AvgIpc) is 2.76. The zero-order valence-electron chi connectivity index (χ0n) is 9.98. The SMILES string of the molecule is CC1CCCc2nc(C3CCCCO3)cn21. The van der Waals surface area contributed by atoms with Crippen LogP contribution in [-0.4, -0.2) is 16.2 Å². The first-order valence-corrected chi connectivity index (χ1v) is 6.54. The van der Waals surface area contributed by atoms with Crippen LogP contribution in [0.25, 0.3) is 0 Å². The summed E-state index contributed by atoms with van der Waals surface area (Å²) in [6.45, 7) is 3.19. The van der Waals surface area contributed by atoms with Crippen molar-refractivity contribution in [2.75, 3.05) is 6.61 Å². The summed E-state index contributed by atoms with van der Waals surface area (Å²) >= 11 is 0. The van der Waals surface area contributed by atoms with Crippen molar-refractivity contribution in [1.29, 1.82) is 0 Å². The average molecular weight is 220 g/mol. The molecule has 3 heterocycles. The largest absolute Gasteiger partial charge is 0.372 e. The third-order valence-electron chi connectivity index (χ3n) is 3.83. The minimum Gasteiger partial charge on any atom is -0.372 e. The maximum atomic E-state index is 5.80. The first kappa shape index (κ1) is 10.3. The molecule has 1 fully saturated rings. The quantitative estimate of drug-likeness (QED) is 0.727. The van der Waals surface area contributed by atoms with E-state index in [4.69, 9.17) is 9.72 Å². The Balaban J connectivity index is 1.85. The fourth-order valence-electron chi connectivity index (χ4n) is 2.84. The Morgan fingerprint density at radius 1 is 1.31 bits per heavy atom. The minimum absolute atomic E-state index is 0.263. The highest BCUT2D eigenvalue weighted by Gasteiger charge is 2.23. The number of imidazole rings is 1. The molecule has 16 heavy (non-hydrogen) atoms. The number of hydrogen-bond donors (Lipinski definition) is 0. The Kier molecular flexibility index (Phi) is 2.72. The number of fused-ring (bicyclic) bond motifs is 1. The molecule has 88 valence electrons. The predicted molar refractivity (Wildman–Crippen MR) is 62.4 cm³/mol. The maximum absolute atomic E-state index is 5.80. The molecule has 0 radical (unpaired) electrons. The van der Waals surface area contributed by atoms with Gasteiger partial charge in [0.15, 0.2) is 0 Å². The van der Waals surface area contributed by atoms with Gasteiger partial charge in [-0.2, -0.15) is 0 Å². The van der Waals surface area contributed by atoms with E-state index in [9.17, 15) is 0 Å². The van der Waals surface area contributed by atoms with E-state index in [0.29, 0.717) is 6.04 Å². The molecule has 3 rings (SSSR count). The Labute approximate surface area is 96.8 Å². The molecule has 1 aromatic heterocycles. The molecule has 2 aliphatic rings. The summed E-state index contributed by atoms with van der Waals surface area (Å²) < 4.78 is 8.16. The first-order valence-electron chi connectivity index (χ1n) is 6.54. The van der Waals surface area contributed by atoms with E-state index in [1.807, 2.05) is 0 Å². The second-order valence-corrected chi connectivity index (χ2v) is 5.09. The molecule has 0 bridgehead atoms. The number of rotatable bonds is 1. The Morgan fingerprint density at radius 2 is 2.25 bits per heavy atom. The zero-order valence-corrected chi connectivity index (χ0v) is 9.98. The molecule has 0 spiro atoms. The number of ether oxygens (including phenoxy) is 1. The van der Waals surface area contributed by atoms with Gasteiger partial charge < -0.3 is 9.30 Å². The monoisotopic (exact) mass is 220 g/mol. The highest BCUT2D eigenvalue weighted by atomic mass is 16.5. The van der Waals surface area contributed by atoms with Crippen LogP contribution in [0.5, 0.6) is 0 Å². The van der Waals surface area contributed by atoms with Gasteiger partial charge in [-0.3, -0.25) is 0 Å². The normalized spacial score (nSPS) is 30.1. The first-order chi connectivity index (χ1) is 7.84. The van der Waals surface area contributed by atoms with Crippen LogP contribution in [-0.2, 0) is 11.2 Å². The molecule has 3 nitrogen and oxygen atoms in total. The molecule has 1 saturated heterocycles. The Morgan fingerprint density at radius 3 is 3.00 bits per heavy atom. The summed E-state index contributed by atoms with van der Waals surface area (Å²) in [6.07, 6.45) is 9.83. The summed E-state index contributed by atoms with van der Waals surface area (Å²) in [6, 6.07) is 0.619. The lowest BCUT2D eigenvalue weighted by atomic mass is 10.1. The fourth-order valence-corrected chi connectivity index (χ4v) is 2.84. The van der Waals surface area contributed by atoms with E-state index in [2.05, 4.69) is 17.7 Å². The topological polar surface area (TPSA) is 27.1 Å². The molecule has 0 saturated carbocycles. The van der Waals surface area contributed by atoms with Gasteiger partial charge >= 0.3 is 0 Å². The van der Waals surface area contributed by atoms with Crippen LogP contribution in [0.15, 0.2) is 6.20 Å². The molecule has 2 unspecified atom stereocenters. The number of nitrogens with zero attached hydrogens (tertiary/aromatic N) is 2. The van der Waals surface area contributed by atoms with E-state index in [0.717, 1.165) is 19.4 Å². The smallest absolute Gasteiger partial charge is 0.109 e. The van der Waals surface area contributed by atoms with Crippen molar-refractivity contribution in [3.8, 4) is 0 Å². The number of aromatic nitrogens is 2. The van der Waals surface area contributed by atoms with Crippen LogP contribution in [0.3, 0.4) is 0 Å². The number of aryl methyl sites for hydroxylation is 1. The van der Waals surface area contributed by atoms with Crippen molar-refractivity contribution in [2.24, 2.45) is 0 Å². The predicted octanol–water partition coefficient (Wildman–Crippen LogP) is 3.02. The minimum atomic E-state index is 0.263. The summed E-state index contributed by atoms with van der Waals surface area (Å²) in [5.41, 5.74) is 1.17. The van der Waals surface area contributed by atoms with Gasteiger partial charge in [-0.15, -0.1) is 0 Å². The molecule has 3 heteroatoms. The zero-order chi connectivity index (χ0) is 11.0. The van der Waals surface area contributed by atoms with E-state index < -0.39 is 0 Å². The van der Waals surface area contributed by atoms with Crippen molar-refractivity contribution in [2.45, 2.75) is 57.6 Å². The third-order valence-corrected chi connectivity index (χ3v) is 3.83. The summed E-state index contributed by atoms with van der Waals surface area (Å²) in [4.78, 5) is 4.76. The van der Waals surface area contributed by atoms with Crippen molar-refractivity contribution in [3.63, 3.8) is 0 Å². The van der Waals surface area contributed by atoms with Crippen molar-refractivity contribution in [3.05, 3.63) is 17.7 Å². The van der Waals surface area contributed by atoms with E-state index in [1.165, 1.54) is 37.2 Å². The van der Waals surface area contributed by atoms with Crippen LogP contribution < -0.4 is 0 Å². The van der Waals surface area contributed by atoms with Crippen LogP contribution >= 0.6 is 0 Å². The van der Waals surface area contributed by atoms with Gasteiger partial charge in [0.1, 0.15) is 11.9 Å². The van der Waals surface area contributed by atoms with Gasteiger partial charge in [-0.25, -0.2) is 4.98 Å². The van der Waals surface area contributed by atoms with Crippen LogP contribution in [0, 0.1) is 0 Å². The van der Waals surface area contributed by atoms with Crippen molar-refractivity contribution >= 4 is 0 Å². The lowest BCUT2D eigenvalue weighted by Crippen LogP contribution is -2.14. The molecule has 1 aromatic rings. The molecule has 2 aliphatic heterocycles. The van der Waals surface area contributed by atoms with Crippen molar-refractivity contribution < 1.29 is 4.74 Å². The van der Waals surface area contributed by atoms with Gasteiger partial charge in [-0.1, -0.05) is 0 Å². The lowest BCUT2D eigenvalue weighted by molar-refractivity contribution is 0.0124. The molecular formula is C13H20N2O. The molecule has 0 aliphatic carbocycles. The summed E-state index contributed by atoms with van der Waals surface area (Å²) in [5, 5.41) is 0. The molecule has 0 amide bonds. The van der Waals surface area contributed by atoms with Gasteiger partial charge in [0, 0.05) is 25.3 Å². The fraction of sp³-hybridized carbons (Fsp3) is 0.769. The van der Waals surface area contributed by atoms with Gasteiger partial charge in [0.2, 0.25) is 0 Å². The van der Waals surface area contributed by atoms with Crippen molar-refractivity contribution in [1.82, 2.24) is 9.55 Å². The van der Waals surface area contributed by atoms with E-state index in [-0.39, 0.29) is 6.10 Å². The molecule has 0 aromatic carbocycles. The van der Waals surface area contributed by atoms with Gasteiger partial charge in [0.25, 0.3) is 0 Å².